The van der Waals surface area contributed by atoms with Crippen LogP contribution >= 0.6 is 11.6 Å². The number of benzene rings is 1. The summed E-state index contributed by atoms with van der Waals surface area (Å²) in [5.74, 6) is -1.19. The molecule has 1 fully saturated rings. The van der Waals surface area contributed by atoms with E-state index in [4.69, 9.17) is 17.3 Å². The summed E-state index contributed by atoms with van der Waals surface area (Å²) in [5.41, 5.74) is 8.00. The monoisotopic (exact) mass is 292 g/mol. The second-order valence-electron chi connectivity index (χ2n) is 4.96. The van der Waals surface area contributed by atoms with E-state index < -0.39 is 12.1 Å². The smallest absolute Gasteiger partial charge is 0.391 e. The molecule has 0 radical (unpaired) electrons. The van der Waals surface area contributed by atoms with E-state index in [0.717, 1.165) is 11.3 Å². The summed E-state index contributed by atoms with van der Waals surface area (Å²) in [4.78, 5) is 1.95. The van der Waals surface area contributed by atoms with Crippen LogP contribution in [0.25, 0.3) is 0 Å². The topological polar surface area (TPSA) is 29.3 Å². The number of nitrogens with zero attached hydrogens (tertiary/aromatic N) is 1. The first-order chi connectivity index (χ1) is 8.79. The van der Waals surface area contributed by atoms with Gasteiger partial charge in [-0.3, -0.25) is 0 Å². The van der Waals surface area contributed by atoms with Crippen LogP contribution in [0.2, 0.25) is 5.02 Å². The normalized spacial score (nSPS) is 17.8. The first kappa shape index (κ1) is 14.3. The van der Waals surface area contributed by atoms with Crippen LogP contribution in [0.3, 0.4) is 0 Å². The summed E-state index contributed by atoms with van der Waals surface area (Å²) < 4.78 is 37.8. The first-order valence-electron chi connectivity index (χ1n) is 6.16. The summed E-state index contributed by atoms with van der Waals surface area (Å²) in [7, 11) is 0. The molecule has 1 aliphatic rings. The molecule has 0 atom stereocenters. The lowest BCUT2D eigenvalue weighted by Crippen LogP contribution is -2.39. The van der Waals surface area contributed by atoms with Crippen LogP contribution in [0.15, 0.2) is 12.1 Å². The quantitative estimate of drug-likeness (QED) is 0.793. The summed E-state index contributed by atoms with van der Waals surface area (Å²) in [5, 5.41) is 0.443. The van der Waals surface area contributed by atoms with E-state index >= 15 is 0 Å². The van der Waals surface area contributed by atoms with Crippen LogP contribution in [0.4, 0.5) is 24.5 Å². The van der Waals surface area contributed by atoms with Crippen molar-refractivity contribution < 1.29 is 13.2 Å². The van der Waals surface area contributed by atoms with E-state index in [-0.39, 0.29) is 12.8 Å². The first-order valence-corrected chi connectivity index (χ1v) is 6.54. The van der Waals surface area contributed by atoms with Crippen LogP contribution in [-0.2, 0) is 0 Å². The molecule has 1 aromatic rings. The Balaban J connectivity index is 2.12. The Labute approximate surface area is 115 Å². The minimum atomic E-state index is -4.08. The lowest BCUT2D eigenvalue weighted by atomic mass is 9.95. The predicted molar refractivity (Wildman–Crippen MR) is 71.6 cm³/mol. The predicted octanol–water partition coefficient (Wildman–Crippen LogP) is 4.01. The van der Waals surface area contributed by atoms with E-state index in [0.29, 0.717) is 23.8 Å². The Bertz CT molecular complexity index is 466. The van der Waals surface area contributed by atoms with Gasteiger partial charge >= 0.3 is 6.18 Å². The number of rotatable bonds is 1. The largest absolute Gasteiger partial charge is 0.398 e. The molecule has 19 heavy (non-hydrogen) atoms. The molecule has 2 nitrogen and oxygen atoms in total. The second-order valence-corrected chi connectivity index (χ2v) is 5.37. The van der Waals surface area contributed by atoms with E-state index in [2.05, 4.69) is 0 Å². The maximum absolute atomic E-state index is 12.6. The van der Waals surface area contributed by atoms with Crippen LogP contribution in [0, 0.1) is 12.8 Å². The van der Waals surface area contributed by atoms with Gasteiger partial charge in [0.25, 0.3) is 0 Å². The molecule has 1 heterocycles. The molecule has 0 bridgehead atoms. The fourth-order valence-electron chi connectivity index (χ4n) is 2.48. The Kier molecular flexibility index (Phi) is 3.85. The molecule has 0 aromatic heterocycles. The average Bonchev–Trinajstić information content (AvgIpc) is 2.33. The molecule has 0 amide bonds. The third kappa shape index (κ3) is 3.08. The second kappa shape index (κ2) is 5.12. The lowest BCUT2D eigenvalue weighted by molar-refractivity contribution is -0.179. The molecule has 106 valence electrons. The van der Waals surface area contributed by atoms with Gasteiger partial charge in [0, 0.05) is 18.8 Å². The Hall–Kier alpha value is -1.10. The highest BCUT2D eigenvalue weighted by molar-refractivity contribution is 6.33. The molecule has 6 heteroatoms. The molecule has 2 rings (SSSR count). The van der Waals surface area contributed by atoms with Gasteiger partial charge in [0.05, 0.1) is 16.6 Å². The molecule has 0 saturated carbocycles. The van der Waals surface area contributed by atoms with Crippen LogP contribution in [-0.4, -0.2) is 19.3 Å². The zero-order valence-electron chi connectivity index (χ0n) is 10.6. The minimum Gasteiger partial charge on any atom is -0.398 e. The van der Waals surface area contributed by atoms with Crippen molar-refractivity contribution in [3.8, 4) is 0 Å². The average molecular weight is 293 g/mol. The van der Waals surface area contributed by atoms with Gasteiger partial charge in [0.1, 0.15) is 0 Å². The number of anilines is 2. The number of halogens is 4. The number of aryl methyl sites for hydroxylation is 1. The SMILES string of the molecule is Cc1cc(N)c(Cl)cc1N1CCC(C(F)(F)F)CC1. The summed E-state index contributed by atoms with van der Waals surface area (Å²) in [6.45, 7) is 2.67. The summed E-state index contributed by atoms with van der Waals surface area (Å²) in [6.07, 6.45) is -3.82. The van der Waals surface area contributed by atoms with Crippen molar-refractivity contribution in [3.63, 3.8) is 0 Å². The highest BCUT2D eigenvalue weighted by atomic mass is 35.5. The number of nitrogens with two attached hydrogens (primary N) is 1. The van der Waals surface area contributed by atoms with Gasteiger partial charge in [0.15, 0.2) is 0 Å². The molecule has 0 unspecified atom stereocenters. The fourth-order valence-corrected chi connectivity index (χ4v) is 2.64. The molecule has 2 N–H and O–H groups in total. The van der Waals surface area contributed by atoms with Gasteiger partial charge in [-0.05, 0) is 37.5 Å². The van der Waals surface area contributed by atoms with Gasteiger partial charge in [-0.1, -0.05) is 11.6 Å². The molecular weight excluding hydrogens is 277 g/mol. The molecule has 1 aliphatic heterocycles. The number of hydrogen-bond donors (Lipinski definition) is 1. The Morgan fingerprint density at radius 1 is 1.26 bits per heavy atom. The Morgan fingerprint density at radius 3 is 2.37 bits per heavy atom. The van der Waals surface area contributed by atoms with Crippen molar-refractivity contribution in [1.29, 1.82) is 0 Å². The highest BCUT2D eigenvalue weighted by Gasteiger charge is 2.41. The number of alkyl halides is 3. The van der Waals surface area contributed by atoms with E-state index in [1.807, 2.05) is 11.8 Å². The van der Waals surface area contributed by atoms with Crippen LogP contribution in [0.1, 0.15) is 18.4 Å². The summed E-state index contributed by atoms with van der Waals surface area (Å²) in [6, 6.07) is 3.49. The van der Waals surface area contributed by atoms with Gasteiger partial charge in [-0.2, -0.15) is 13.2 Å². The summed E-state index contributed by atoms with van der Waals surface area (Å²) >= 11 is 5.97. The maximum Gasteiger partial charge on any atom is 0.391 e. The fraction of sp³-hybridized carbons (Fsp3) is 0.538. The van der Waals surface area contributed by atoms with Gasteiger partial charge in [-0.25, -0.2) is 0 Å². The molecule has 0 aliphatic carbocycles. The van der Waals surface area contributed by atoms with Crippen LogP contribution in [0.5, 0.6) is 0 Å². The Morgan fingerprint density at radius 2 is 1.84 bits per heavy atom. The van der Waals surface area contributed by atoms with E-state index in [9.17, 15) is 13.2 Å². The number of nitrogen functional groups attached to an aromatic ring is 1. The number of hydrogen-bond acceptors (Lipinski definition) is 2. The molecular formula is C13H16ClF3N2. The van der Waals surface area contributed by atoms with E-state index in [1.165, 1.54) is 0 Å². The number of piperidine rings is 1. The van der Waals surface area contributed by atoms with E-state index in [1.54, 1.807) is 12.1 Å². The molecule has 1 saturated heterocycles. The van der Waals surface area contributed by atoms with Crippen molar-refractivity contribution >= 4 is 23.0 Å². The van der Waals surface area contributed by atoms with Gasteiger partial charge < -0.3 is 10.6 Å². The van der Waals surface area contributed by atoms with Crippen molar-refractivity contribution in [2.45, 2.75) is 25.9 Å². The minimum absolute atomic E-state index is 0.130. The zero-order valence-corrected chi connectivity index (χ0v) is 11.4. The van der Waals surface area contributed by atoms with Gasteiger partial charge in [0.2, 0.25) is 0 Å². The zero-order chi connectivity index (χ0) is 14.2. The van der Waals surface area contributed by atoms with Crippen molar-refractivity contribution in [1.82, 2.24) is 0 Å². The third-order valence-corrected chi connectivity index (χ3v) is 3.94. The van der Waals surface area contributed by atoms with Crippen molar-refractivity contribution in [3.05, 3.63) is 22.7 Å². The molecule has 1 aromatic carbocycles. The molecule has 0 spiro atoms. The van der Waals surface area contributed by atoms with Crippen LogP contribution < -0.4 is 10.6 Å². The van der Waals surface area contributed by atoms with Crippen molar-refractivity contribution in [2.24, 2.45) is 5.92 Å². The third-order valence-electron chi connectivity index (χ3n) is 3.61. The highest BCUT2D eigenvalue weighted by Crippen LogP contribution is 2.37. The lowest BCUT2D eigenvalue weighted by Gasteiger charge is -2.35. The van der Waals surface area contributed by atoms with Crippen molar-refractivity contribution in [2.75, 3.05) is 23.7 Å². The maximum atomic E-state index is 12.6. The van der Waals surface area contributed by atoms with Gasteiger partial charge in [-0.15, -0.1) is 0 Å². The standard InChI is InChI=1S/C13H16ClF3N2/c1-8-6-11(18)10(14)7-12(8)19-4-2-9(3-5-19)13(15,16)17/h6-7,9H,2-5,18H2,1H3.